The molecule has 0 amide bonds. The Morgan fingerprint density at radius 3 is 2.14 bits per heavy atom. The van der Waals surface area contributed by atoms with Crippen molar-refractivity contribution in [3.8, 4) is 5.69 Å². The smallest absolute Gasteiger partial charge is 0.0601 e. The average Bonchev–Trinajstić information content (AvgIpc) is 3.51. The van der Waals surface area contributed by atoms with Gasteiger partial charge in [-0.05, 0) is 71.3 Å². The fourth-order valence-electron chi connectivity index (χ4n) is 5.49. The Bertz CT molecular complexity index is 1960. The first-order valence-corrected chi connectivity index (χ1v) is 12.6. The van der Waals surface area contributed by atoms with E-state index in [9.17, 15) is 0 Å². The standard InChI is InChI=1S/C34H25N3/c35-23-29(16-15-24-9-3-1-4-10-24)37-32-14-8-7-13-30(32)31-20-27-21-33-25(19-26(27)22-34(31)37)17-18-36(33)28-11-5-2-6-12-28/h1-14,16-23,35H,15H2/b29-16+,35-23?. The van der Waals surface area contributed by atoms with Crippen LogP contribution in [-0.2, 0) is 6.42 Å². The van der Waals surface area contributed by atoms with E-state index in [1.54, 1.807) is 0 Å². The second-order valence-corrected chi connectivity index (χ2v) is 9.46. The number of benzene rings is 5. The summed E-state index contributed by atoms with van der Waals surface area (Å²) in [7, 11) is 0. The fourth-order valence-corrected chi connectivity index (χ4v) is 5.49. The van der Waals surface area contributed by atoms with Crippen LogP contribution in [0.4, 0.5) is 0 Å². The van der Waals surface area contributed by atoms with Crippen LogP contribution in [0.1, 0.15) is 5.56 Å². The molecular weight excluding hydrogens is 450 g/mol. The van der Waals surface area contributed by atoms with Crippen LogP contribution >= 0.6 is 0 Å². The predicted molar refractivity (Wildman–Crippen MR) is 157 cm³/mol. The Labute approximate surface area is 215 Å². The van der Waals surface area contributed by atoms with Gasteiger partial charge in [0.25, 0.3) is 0 Å². The first-order valence-electron chi connectivity index (χ1n) is 12.6. The van der Waals surface area contributed by atoms with E-state index in [1.807, 2.05) is 12.1 Å². The number of fused-ring (bicyclic) bond motifs is 5. The molecule has 0 aliphatic heterocycles. The van der Waals surface area contributed by atoms with Crippen LogP contribution in [0.3, 0.4) is 0 Å². The van der Waals surface area contributed by atoms with Crippen LogP contribution in [0.5, 0.6) is 0 Å². The summed E-state index contributed by atoms with van der Waals surface area (Å²) < 4.78 is 4.49. The molecule has 0 aliphatic rings. The second kappa shape index (κ2) is 8.65. The molecule has 5 aromatic carbocycles. The SMILES string of the molecule is N=C/C(=C\Cc1ccccc1)n1c2ccccc2c2cc3cc4c(ccn4-c4ccccc4)cc3cc21. The van der Waals surface area contributed by atoms with E-state index >= 15 is 0 Å². The molecule has 3 nitrogen and oxygen atoms in total. The lowest BCUT2D eigenvalue weighted by Gasteiger charge is -2.10. The molecule has 7 aromatic rings. The van der Waals surface area contributed by atoms with Gasteiger partial charge in [-0.3, -0.25) is 0 Å². The van der Waals surface area contributed by atoms with Crippen molar-refractivity contribution in [1.82, 2.24) is 9.13 Å². The van der Waals surface area contributed by atoms with E-state index in [1.165, 1.54) is 44.2 Å². The van der Waals surface area contributed by atoms with Crippen molar-refractivity contribution in [2.45, 2.75) is 6.42 Å². The molecule has 0 fully saturated rings. The van der Waals surface area contributed by atoms with Crippen LogP contribution in [0, 0.1) is 5.41 Å². The normalized spacial score (nSPS) is 12.2. The third-order valence-corrected chi connectivity index (χ3v) is 7.27. The van der Waals surface area contributed by atoms with E-state index in [2.05, 4.69) is 125 Å². The molecule has 37 heavy (non-hydrogen) atoms. The molecule has 0 saturated carbocycles. The van der Waals surface area contributed by atoms with Crippen molar-refractivity contribution in [3.05, 3.63) is 133 Å². The van der Waals surface area contributed by atoms with Gasteiger partial charge in [-0.25, -0.2) is 0 Å². The summed E-state index contributed by atoms with van der Waals surface area (Å²) in [5.74, 6) is 0. The maximum Gasteiger partial charge on any atom is 0.0601 e. The zero-order chi connectivity index (χ0) is 24.8. The summed E-state index contributed by atoms with van der Waals surface area (Å²) >= 11 is 0. The molecule has 7 rings (SSSR count). The molecule has 2 aromatic heterocycles. The summed E-state index contributed by atoms with van der Waals surface area (Å²) in [6.07, 6.45) is 6.55. The zero-order valence-corrected chi connectivity index (χ0v) is 20.3. The van der Waals surface area contributed by atoms with Gasteiger partial charge in [-0.15, -0.1) is 0 Å². The lowest BCUT2D eigenvalue weighted by Crippen LogP contribution is -1.99. The average molecular weight is 476 g/mol. The van der Waals surface area contributed by atoms with Crippen LogP contribution in [0.25, 0.3) is 54.9 Å². The molecule has 1 N–H and O–H groups in total. The maximum atomic E-state index is 8.29. The highest BCUT2D eigenvalue weighted by Gasteiger charge is 2.15. The third kappa shape index (κ3) is 3.56. The minimum absolute atomic E-state index is 0.779. The highest BCUT2D eigenvalue weighted by Crippen LogP contribution is 2.36. The van der Waals surface area contributed by atoms with Crippen LogP contribution in [0.15, 0.2) is 128 Å². The van der Waals surface area contributed by atoms with E-state index in [0.717, 1.165) is 28.8 Å². The zero-order valence-electron chi connectivity index (χ0n) is 20.3. The van der Waals surface area contributed by atoms with Gasteiger partial charge in [0.05, 0.1) is 22.2 Å². The van der Waals surface area contributed by atoms with Gasteiger partial charge in [-0.2, -0.15) is 0 Å². The van der Waals surface area contributed by atoms with Crippen molar-refractivity contribution in [2.75, 3.05) is 0 Å². The number of nitrogens with one attached hydrogen (secondary N) is 1. The largest absolute Gasteiger partial charge is 0.317 e. The number of rotatable bonds is 5. The quantitative estimate of drug-likeness (QED) is 0.242. The van der Waals surface area contributed by atoms with Crippen LogP contribution < -0.4 is 0 Å². The number of aromatic nitrogens is 2. The molecule has 0 radical (unpaired) electrons. The molecule has 0 bridgehead atoms. The van der Waals surface area contributed by atoms with Crippen LogP contribution in [-0.4, -0.2) is 15.3 Å². The second-order valence-electron chi connectivity index (χ2n) is 9.46. The summed E-state index contributed by atoms with van der Waals surface area (Å²) in [6.45, 7) is 0. The molecule has 0 spiro atoms. The van der Waals surface area contributed by atoms with Crippen molar-refractivity contribution in [3.63, 3.8) is 0 Å². The van der Waals surface area contributed by atoms with E-state index in [-0.39, 0.29) is 0 Å². The Balaban J connectivity index is 1.46. The summed E-state index contributed by atoms with van der Waals surface area (Å²) in [5, 5.41) is 14.3. The Morgan fingerprint density at radius 2 is 1.32 bits per heavy atom. The Kier molecular flexibility index (Phi) is 5.00. The summed E-state index contributed by atoms with van der Waals surface area (Å²) in [6, 6.07) is 40.8. The first kappa shape index (κ1) is 21.4. The lowest BCUT2D eigenvalue weighted by molar-refractivity contribution is 1.13. The van der Waals surface area contributed by atoms with E-state index in [4.69, 9.17) is 5.41 Å². The highest BCUT2D eigenvalue weighted by molar-refractivity contribution is 6.18. The molecule has 2 heterocycles. The first-order chi connectivity index (χ1) is 18.3. The van der Waals surface area contributed by atoms with Crippen molar-refractivity contribution in [1.29, 1.82) is 5.41 Å². The van der Waals surface area contributed by atoms with Gasteiger partial charge < -0.3 is 14.5 Å². The van der Waals surface area contributed by atoms with E-state index in [0.29, 0.717) is 0 Å². The van der Waals surface area contributed by atoms with Gasteiger partial charge in [0.1, 0.15) is 0 Å². The Hall–Kier alpha value is -4.89. The minimum atomic E-state index is 0.779. The van der Waals surface area contributed by atoms with E-state index < -0.39 is 0 Å². The van der Waals surface area contributed by atoms with Gasteiger partial charge in [0.15, 0.2) is 0 Å². The Morgan fingerprint density at radius 1 is 0.622 bits per heavy atom. The van der Waals surface area contributed by atoms with Crippen molar-refractivity contribution < 1.29 is 0 Å². The van der Waals surface area contributed by atoms with Gasteiger partial charge in [0, 0.05) is 34.3 Å². The number of nitrogens with zero attached hydrogens (tertiary/aromatic N) is 2. The minimum Gasteiger partial charge on any atom is -0.317 e. The maximum absolute atomic E-state index is 8.29. The molecular formula is C34H25N3. The molecule has 0 aliphatic carbocycles. The molecule has 0 atom stereocenters. The lowest BCUT2D eigenvalue weighted by atomic mass is 10.0. The third-order valence-electron chi connectivity index (χ3n) is 7.27. The molecule has 0 saturated heterocycles. The molecule has 176 valence electrons. The predicted octanol–water partition coefficient (Wildman–Crippen LogP) is 8.62. The van der Waals surface area contributed by atoms with Gasteiger partial charge in [-0.1, -0.05) is 72.8 Å². The summed E-state index contributed by atoms with van der Waals surface area (Å²) in [5.41, 5.74) is 6.72. The summed E-state index contributed by atoms with van der Waals surface area (Å²) in [4.78, 5) is 0. The molecule has 3 heteroatoms. The van der Waals surface area contributed by atoms with Gasteiger partial charge >= 0.3 is 0 Å². The number of para-hydroxylation sites is 2. The number of hydrogen-bond donors (Lipinski definition) is 1. The fraction of sp³-hybridized carbons (Fsp3) is 0.0294. The number of allylic oxidation sites excluding steroid dienone is 2. The topological polar surface area (TPSA) is 33.7 Å². The highest BCUT2D eigenvalue weighted by atomic mass is 15.0. The monoisotopic (exact) mass is 475 g/mol. The van der Waals surface area contributed by atoms with Gasteiger partial charge in [0.2, 0.25) is 0 Å². The van der Waals surface area contributed by atoms with Crippen molar-refractivity contribution >= 4 is 55.4 Å². The number of hydrogen-bond acceptors (Lipinski definition) is 1. The van der Waals surface area contributed by atoms with Crippen LogP contribution in [0.2, 0.25) is 0 Å². The van der Waals surface area contributed by atoms with Crippen molar-refractivity contribution in [2.24, 2.45) is 0 Å². The molecule has 0 unspecified atom stereocenters.